The number of ether oxygens (including phenoxy) is 1. The van der Waals surface area contributed by atoms with Crippen LogP contribution >= 0.6 is 0 Å². The van der Waals surface area contributed by atoms with Crippen LogP contribution in [0.2, 0.25) is 0 Å². The van der Waals surface area contributed by atoms with Gasteiger partial charge in [-0.15, -0.1) is 0 Å². The van der Waals surface area contributed by atoms with Crippen LogP contribution in [-0.2, 0) is 23.0 Å². The van der Waals surface area contributed by atoms with Crippen molar-refractivity contribution in [3.63, 3.8) is 0 Å². The van der Waals surface area contributed by atoms with Crippen LogP contribution in [0.5, 0.6) is 5.75 Å². The summed E-state index contributed by atoms with van der Waals surface area (Å²) in [6.45, 7) is 6.19. The molecule has 0 heterocycles. The van der Waals surface area contributed by atoms with Crippen LogP contribution in [0.4, 0.5) is 0 Å². The van der Waals surface area contributed by atoms with E-state index in [9.17, 15) is 13.0 Å². The Morgan fingerprint density at radius 3 is 1.77 bits per heavy atom. The third-order valence-corrected chi connectivity index (χ3v) is 5.25. The predicted molar refractivity (Wildman–Crippen MR) is 102 cm³/mol. The van der Waals surface area contributed by atoms with Crippen molar-refractivity contribution in [3.8, 4) is 5.75 Å². The van der Waals surface area contributed by atoms with Gasteiger partial charge in [0.1, 0.15) is 15.9 Å². The Bertz CT molecular complexity index is 574. The van der Waals surface area contributed by atoms with Crippen molar-refractivity contribution in [1.82, 2.24) is 0 Å². The molecule has 1 rings (SSSR count). The van der Waals surface area contributed by atoms with E-state index in [1.165, 1.54) is 12.8 Å². The fraction of sp³-hybridized carbons (Fsp3) is 0.700. The maximum atomic E-state index is 11.4. The molecule has 4 nitrogen and oxygen atoms in total. The van der Waals surface area contributed by atoms with Gasteiger partial charge in [0.25, 0.3) is 0 Å². The predicted octanol–water partition coefficient (Wildman–Crippen LogP) is 2.21. The van der Waals surface area contributed by atoms with Gasteiger partial charge < -0.3 is 9.29 Å². The number of rotatable bonds is 13. The summed E-state index contributed by atoms with van der Waals surface area (Å²) in [4.78, 5) is 0. The van der Waals surface area contributed by atoms with E-state index < -0.39 is 15.6 Å². The van der Waals surface area contributed by atoms with E-state index in [1.54, 1.807) is 0 Å². The van der Waals surface area contributed by atoms with Gasteiger partial charge in [-0.25, -0.2) is 8.42 Å². The van der Waals surface area contributed by atoms with Crippen molar-refractivity contribution in [2.24, 2.45) is 0 Å². The monoisotopic (exact) mass is 392 g/mol. The largest absolute Gasteiger partial charge is 1.00 e. The maximum Gasteiger partial charge on any atom is 1.00 e. The van der Waals surface area contributed by atoms with E-state index in [-0.39, 0.29) is 36.0 Å². The van der Waals surface area contributed by atoms with Crippen LogP contribution in [0.25, 0.3) is 0 Å². The summed E-state index contributed by atoms with van der Waals surface area (Å²) in [5.74, 6) is 0.512. The Hall–Kier alpha value is -0.0700. The Balaban J connectivity index is 0.00000625. The van der Waals surface area contributed by atoms with Gasteiger partial charge in [0, 0.05) is 0 Å². The zero-order valence-electron chi connectivity index (χ0n) is 16.9. The normalized spacial score (nSPS) is 12.5. The molecule has 0 aliphatic carbocycles. The first kappa shape index (κ1) is 25.9. The molecule has 0 aliphatic heterocycles. The Morgan fingerprint density at radius 2 is 1.38 bits per heavy atom. The van der Waals surface area contributed by atoms with Crippen molar-refractivity contribution >= 4 is 10.1 Å². The molecule has 0 amide bonds. The maximum absolute atomic E-state index is 11.4. The Morgan fingerprint density at radius 1 is 0.885 bits per heavy atom. The standard InChI is InChI=1S/C20H34O4S.Na/c1-4-7-9-12-17-14-18(13-10-8-5-2)16-19(15-17)24-20(11-6-3)25(21,22)23;/h14-16,20H,4-13H2,1-3H3,(H,21,22,23);/q;+1/p-1. The second kappa shape index (κ2) is 14.0. The molecule has 0 saturated heterocycles. The van der Waals surface area contributed by atoms with Crippen LogP contribution in [0.15, 0.2) is 18.2 Å². The zero-order chi connectivity index (χ0) is 18.7. The van der Waals surface area contributed by atoms with Gasteiger partial charge in [0.05, 0.1) is 0 Å². The number of unbranched alkanes of at least 4 members (excludes halogenated alkanes) is 4. The Labute approximate surface area is 182 Å². The fourth-order valence-electron chi connectivity index (χ4n) is 2.89. The van der Waals surface area contributed by atoms with Crippen LogP contribution in [0.1, 0.15) is 83.3 Å². The summed E-state index contributed by atoms with van der Waals surface area (Å²) < 4.78 is 39.9. The van der Waals surface area contributed by atoms with Gasteiger partial charge in [-0.3, -0.25) is 0 Å². The summed E-state index contributed by atoms with van der Waals surface area (Å²) in [5, 5.41) is 0. The zero-order valence-corrected chi connectivity index (χ0v) is 19.7. The average Bonchev–Trinajstić information content (AvgIpc) is 2.54. The van der Waals surface area contributed by atoms with Crippen LogP contribution in [-0.4, -0.2) is 18.4 Å². The van der Waals surface area contributed by atoms with Gasteiger partial charge in [0.15, 0.2) is 5.44 Å². The molecule has 1 unspecified atom stereocenters. The van der Waals surface area contributed by atoms with E-state index >= 15 is 0 Å². The molecule has 0 radical (unpaired) electrons. The summed E-state index contributed by atoms with van der Waals surface area (Å²) in [6, 6.07) is 5.98. The van der Waals surface area contributed by atoms with Gasteiger partial charge in [-0.2, -0.15) is 0 Å². The molecule has 0 aliphatic rings. The van der Waals surface area contributed by atoms with Gasteiger partial charge in [-0.1, -0.05) is 58.9 Å². The molecule has 144 valence electrons. The first-order valence-corrected chi connectivity index (χ1v) is 11.1. The van der Waals surface area contributed by atoms with Gasteiger partial charge >= 0.3 is 29.6 Å². The molecule has 0 spiro atoms. The second-order valence-electron chi connectivity index (χ2n) is 6.73. The minimum Gasteiger partial charge on any atom is -0.745 e. The smallest absolute Gasteiger partial charge is 0.745 e. The van der Waals surface area contributed by atoms with Crippen molar-refractivity contribution < 1.29 is 47.3 Å². The Kier molecular flexibility index (Phi) is 14.0. The first-order valence-electron chi connectivity index (χ1n) is 9.64. The molecule has 6 heteroatoms. The quantitative estimate of drug-likeness (QED) is 0.293. The minimum atomic E-state index is -4.46. The summed E-state index contributed by atoms with van der Waals surface area (Å²) in [6.07, 6.45) is 9.58. The second-order valence-corrected chi connectivity index (χ2v) is 8.24. The molecule has 1 aromatic carbocycles. The molecule has 1 aromatic rings. The number of aryl methyl sites for hydroxylation is 2. The van der Waals surface area contributed by atoms with Gasteiger partial charge in [-0.05, 0) is 55.4 Å². The molecule has 0 saturated carbocycles. The number of hydrogen-bond acceptors (Lipinski definition) is 4. The van der Waals surface area contributed by atoms with Gasteiger partial charge in [0.2, 0.25) is 0 Å². The number of hydrogen-bond donors (Lipinski definition) is 0. The molecule has 0 aromatic heterocycles. The number of benzene rings is 1. The van der Waals surface area contributed by atoms with Crippen molar-refractivity contribution in [2.45, 2.75) is 90.4 Å². The van der Waals surface area contributed by atoms with E-state index in [2.05, 4.69) is 19.9 Å². The summed E-state index contributed by atoms with van der Waals surface area (Å²) in [7, 11) is -4.46. The SMILES string of the molecule is CCCCCc1cc(CCCCC)cc(OC(CCC)S(=O)(=O)[O-])c1.[Na+]. The minimum absolute atomic E-state index is 0. The third kappa shape index (κ3) is 10.3. The fourth-order valence-corrected chi connectivity index (χ4v) is 3.65. The van der Waals surface area contributed by atoms with Crippen LogP contribution in [0, 0.1) is 0 Å². The average molecular weight is 393 g/mol. The molecular weight excluding hydrogens is 359 g/mol. The van der Waals surface area contributed by atoms with Crippen molar-refractivity contribution in [1.29, 1.82) is 0 Å². The van der Waals surface area contributed by atoms with E-state index in [0.717, 1.165) is 49.7 Å². The van der Waals surface area contributed by atoms with E-state index in [4.69, 9.17) is 4.74 Å². The van der Waals surface area contributed by atoms with Crippen molar-refractivity contribution in [2.75, 3.05) is 0 Å². The molecule has 0 fully saturated rings. The topological polar surface area (TPSA) is 66.4 Å². The van der Waals surface area contributed by atoms with Crippen molar-refractivity contribution in [3.05, 3.63) is 29.3 Å². The van der Waals surface area contributed by atoms with Crippen LogP contribution < -0.4 is 34.3 Å². The molecule has 0 N–H and O–H groups in total. The molecule has 0 bridgehead atoms. The third-order valence-electron chi connectivity index (χ3n) is 4.28. The molecular formula is C20H33NaO4S. The molecule has 1 atom stereocenters. The van der Waals surface area contributed by atoms with E-state index in [1.807, 2.05) is 19.1 Å². The summed E-state index contributed by atoms with van der Waals surface area (Å²) in [5.41, 5.74) is 1.03. The van der Waals surface area contributed by atoms with Crippen LogP contribution in [0.3, 0.4) is 0 Å². The molecule has 26 heavy (non-hydrogen) atoms. The summed E-state index contributed by atoms with van der Waals surface area (Å²) >= 11 is 0. The first-order chi connectivity index (χ1) is 11.9. The van der Waals surface area contributed by atoms with E-state index in [0.29, 0.717) is 12.2 Å².